The van der Waals surface area contributed by atoms with Crippen LogP contribution in [-0.2, 0) is 18.9 Å². The number of thiophene rings is 1. The van der Waals surface area contributed by atoms with Gasteiger partial charge in [0.15, 0.2) is 11.5 Å². The Morgan fingerprint density at radius 2 is 1.69 bits per heavy atom. The van der Waals surface area contributed by atoms with Crippen molar-refractivity contribution in [3.05, 3.63) is 41.8 Å². The first-order chi connectivity index (χ1) is 17.8. The van der Waals surface area contributed by atoms with E-state index in [1.54, 1.807) is 7.11 Å². The molecule has 36 heavy (non-hydrogen) atoms. The van der Waals surface area contributed by atoms with Crippen molar-refractivity contribution < 1.29 is 28.2 Å². The number of nitrogen functional groups attached to an aromatic ring is 1. The highest BCUT2D eigenvalue weighted by Gasteiger charge is 2.20. The second-order valence-electron chi connectivity index (χ2n) is 7.31. The Labute approximate surface area is 211 Å². The molecule has 192 valence electrons. The van der Waals surface area contributed by atoms with E-state index in [1.165, 1.54) is 16.0 Å². The van der Waals surface area contributed by atoms with Gasteiger partial charge in [-0.3, -0.25) is 0 Å². The number of methoxy groups -OCH3 is 1. The fourth-order valence-corrected chi connectivity index (χ4v) is 3.71. The molecular formula is C23H28N6O6S. The minimum absolute atomic E-state index is 0.203. The highest BCUT2D eigenvalue weighted by Crippen LogP contribution is 2.28. The van der Waals surface area contributed by atoms with Gasteiger partial charge in [-0.1, -0.05) is 22.5 Å². The standard InChI is InChI=1S/C23H28N6O6S/c1-30-7-8-31-9-10-32-11-12-33-13-14-34-18-5-2-4-17(16-18)29-21(24)20(26-28-29)23-25-22(27-35-23)19-6-3-15-36-19/h2-6,15-16H,7-14,24H2,1H3. The first-order valence-electron chi connectivity index (χ1n) is 11.3. The van der Waals surface area contributed by atoms with Gasteiger partial charge in [0.25, 0.3) is 5.89 Å². The molecule has 4 rings (SSSR count). The Morgan fingerprint density at radius 3 is 2.42 bits per heavy atom. The summed E-state index contributed by atoms with van der Waals surface area (Å²) >= 11 is 1.51. The van der Waals surface area contributed by atoms with Gasteiger partial charge in [-0.05, 0) is 23.6 Å². The Balaban J connectivity index is 1.22. The molecule has 3 aromatic heterocycles. The number of nitrogens with zero attached hydrogens (tertiary/aromatic N) is 5. The van der Waals surface area contributed by atoms with Crippen molar-refractivity contribution >= 4 is 17.2 Å². The van der Waals surface area contributed by atoms with Crippen molar-refractivity contribution in [1.82, 2.24) is 25.1 Å². The molecular weight excluding hydrogens is 488 g/mol. The number of benzene rings is 1. The molecule has 3 heterocycles. The van der Waals surface area contributed by atoms with Crippen LogP contribution in [0, 0.1) is 0 Å². The number of ether oxygens (including phenoxy) is 5. The van der Waals surface area contributed by atoms with Gasteiger partial charge in [0, 0.05) is 13.2 Å². The van der Waals surface area contributed by atoms with E-state index in [4.69, 9.17) is 33.9 Å². The summed E-state index contributed by atoms with van der Waals surface area (Å²) in [5.74, 6) is 1.61. The van der Waals surface area contributed by atoms with Gasteiger partial charge < -0.3 is 33.9 Å². The van der Waals surface area contributed by atoms with Crippen molar-refractivity contribution in [3.8, 4) is 33.7 Å². The van der Waals surface area contributed by atoms with Gasteiger partial charge >= 0.3 is 0 Å². The average molecular weight is 517 g/mol. The Hall–Kier alpha value is -3.36. The number of anilines is 1. The highest BCUT2D eigenvalue weighted by atomic mass is 32.1. The van der Waals surface area contributed by atoms with E-state index in [9.17, 15) is 0 Å². The molecule has 0 aliphatic heterocycles. The van der Waals surface area contributed by atoms with Gasteiger partial charge in [0.05, 0.1) is 56.8 Å². The second kappa shape index (κ2) is 13.7. The van der Waals surface area contributed by atoms with Crippen molar-refractivity contribution in [3.63, 3.8) is 0 Å². The third kappa shape index (κ3) is 7.08. The molecule has 1 aromatic carbocycles. The van der Waals surface area contributed by atoms with Gasteiger partial charge in [-0.2, -0.15) is 9.67 Å². The highest BCUT2D eigenvalue weighted by molar-refractivity contribution is 7.13. The SMILES string of the molecule is COCCOCCOCCOCCOc1cccc(-n2nnc(-c3nc(-c4cccs4)no3)c2N)c1. The molecule has 0 radical (unpaired) electrons. The van der Waals surface area contributed by atoms with Crippen LogP contribution in [0.2, 0.25) is 0 Å². The minimum atomic E-state index is 0.203. The van der Waals surface area contributed by atoms with E-state index < -0.39 is 0 Å². The van der Waals surface area contributed by atoms with Crippen LogP contribution in [-0.4, -0.2) is 85.1 Å². The molecule has 0 amide bonds. The van der Waals surface area contributed by atoms with E-state index in [0.29, 0.717) is 75.8 Å². The summed E-state index contributed by atoms with van der Waals surface area (Å²) in [7, 11) is 1.64. The van der Waals surface area contributed by atoms with E-state index >= 15 is 0 Å². The minimum Gasteiger partial charge on any atom is -0.491 e. The first-order valence-corrected chi connectivity index (χ1v) is 12.2. The lowest BCUT2D eigenvalue weighted by Crippen LogP contribution is -2.13. The van der Waals surface area contributed by atoms with Crippen LogP contribution in [0.1, 0.15) is 0 Å². The monoisotopic (exact) mass is 516 g/mol. The predicted octanol–water partition coefficient (Wildman–Crippen LogP) is 2.70. The third-order valence-electron chi connectivity index (χ3n) is 4.81. The maximum atomic E-state index is 6.29. The number of hydrogen-bond donors (Lipinski definition) is 1. The molecule has 0 spiro atoms. The molecule has 0 unspecified atom stereocenters. The first kappa shape index (κ1) is 25.7. The fraction of sp³-hybridized carbons (Fsp3) is 0.391. The van der Waals surface area contributed by atoms with Crippen LogP contribution >= 0.6 is 11.3 Å². The lowest BCUT2D eigenvalue weighted by molar-refractivity contribution is 0.000164. The summed E-state index contributed by atoms with van der Waals surface area (Å²) in [6.07, 6.45) is 0. The van der Waals surface area contributed by atoms with Crippen molar-refractivity contribution in [2.75, 3.05) is 65.7 Å². The zero-order valence-corrected chi connectivity index (χ0v) is 20.7. The Kier molecular flexibility index (Phi) is 9.76. The van der Waals surface area contributed by atoms with Crippen LogP contribution in [0.5, 0.6) is 5.75 Å². The maximum Gasteiger partial charge on any atom is 0.282 e. The summed E-state index contributed by atoms with van der Waals surface area (Å²) in [4.78, 5) is 5.27. The molecule has 2 N–H and O–H groups in total. The van der Waals surface area contributed by atoms with E-state index in [0.717, 1.165) is 4.88 Å². The van der Waals surface area contributed by atoms with E-state index in [2.05, 4.69) is 20.5 Å². The second-order valence-corrected chi connectivity index (χ2v) is 8.26. The van der Waals surface area contributed by atoms with E-state index in [1.807, 2.05) is 41.8 Å². The zero-order chi connectivity index (χ0) is 25.0. The van der Waals surface area contributed by atoms with Gasteiger partial charge in [-0.25, -0.2) is 0 Å². The Morgan fingerprint density at radius 1 is 0.944 bits per heavy atom. The van der Waals surface area contributed by atoms with Crippen LogP contribution in [0.15, 0.2) is 46.3 Å². The fourth-order valence-electron chi connectivity index (χ4n) is 3.07. The van der Waals surface area contributed by atoms with Crippen molar-refractivity contribution in [1.29, 1.82) is 0 Å². The molecule has 0 fully saturated rings. The van der Waals surface area contributed by atoms with Gasteiger partial charge in [0.2, 0.25) is 5.82 Å². The van der Waals surface area contributed by atoms with Gasteiger partial charge in [-0.15, -0.1) is 16.4 Å². The van der Waals surface area contributed by atoms with Crippen LogP contribution in [0.4, 0.5) is 5.82 Å². The summed E-state index contributed by atoms with van der Waals surface area (Å²) in [5, 5.41) is 14.2. The molecule has 0 aliphatic rings. The third-order valence-corrected chi connectivity index (χ3v) is 5.68. The lowest BCUT2D eigenvalue weighted by Gasteiger charge is -2.09. The largest absolute Gasteiger partial charge is 0.491 e. The lowest BCUT2D eigenvalue weighted by atomic mass is 10.3. The molecule has 0 aliphatic carbocycles. The molecule has 12 nitrogen and oxygen atoms in total. The summed E-state index contributed by atoms with van der Waals surface area (Å²) < 4.78 is 33.8. The van der Waals surface area contributed by atoms with Crippen molar-refractivity contribution in [2.24, 2.45) is 0 Å². The smallest absolute Gasteiger partial charge is 0.282 e. The van der Waals surface area contributed by atoms with E-state index in [-0.39, 0.29) is 11.7 Å². The molecule has 0 atom stereocenters. The molecule has 0 saturated heterocycles. The summed E-state index contributed by atoms with van der Waals surface area (Å²) in [6, 6.07) is 11.2. The summed E-state index contributed by atoms with van der Waals surface area (Å²) in [5.41, 5.74) is 7.29. The maximum absolute atomic E-state index is 6.29. The number of hydrogen-bond acceptors (Lipinski definition) is 12. The quantitative estimate of drug-likeness (QED) is 0.220. The molecule has 4 aromatic rings. The van der Waals surface area contributed by atoms with Crippen LogP contribution < -0.4 is 10.5 Å². The topological polar surface area (TPSA) is 142 Å². The predicted molar refractivity (Wildman–Crippen MR) is 132 cm³/mol. The van der Waals surface area contributed by atoms with Crippen LogP contribution in [0.3, 0.4) is 0 Å². The average Bonchev–Trinajstić information content (AvgIpc) is 3.66. The normalized spacial score (nSPS) is 11.2. The Bertz CT molecular complexity index is 1180. The zero-order valence-electron chi connectivity index (χ0n) is 19.9. The molecule has 0 bridgehead atoms. The number of aromatic nitrogens is 5. The van der Waals surface area contributed by atoms with Crippen LogP contribution in [0.25, 0.3) is 28.0 Å². The molecule has 0 saturated carbocycles. The number of rotatable bonds is 16. The van der Waals surface area contributed by atoms with Crippen molar-refractivity contribution in [2.45, 2.75) is 0 Å². The summed E-state index contributed by atoms with van der Waals surface area (Å²) in [6.45, 7) is 3.98. The van der Waals surface area contributed by atoms with Gasteiger partial charge in [0.1, 0.15) is 12.4 Å². The molecule has 13 heteroatoms. The number of nitrogens with two attached hydrogens (primary N) is 1.